The maximum absolute atomic E-state index is 12.1. The van der Waals surface area contributed by atoms with Crippen molar-refractivity contribution < 1.29 is 14.3 Å². The number of rotatable bonds is 6. The minimum Gasteiger partial charge on any atom is -0.471 e. The van der Waals surface area contributed by atoms with Gasteiger partial charge in [-0.05, 0) is 12.5 Å². The molecule has 1 aromatic heterocycles. The molecule has 0 N–H and O–H groups in total. The van der Waals surface area contributed by atoms with Crippen LogP contribution in [0.3, 0.4) is 0 Å². The average molecular weight is 335 g/mol. The number of ether oxygens (including phenoxy) is 2. The second kappa shape index (κ2) is 8.01. The molecule has 0 amide bonds. The van der Waals surface area contributed by atoms with Crippen LogP contribution in [0.2, 0.25) is 0 Å². The maximum atomic E-state index is 12.1. The SMILES string of the molecule is CCOC(=O)c1nnc(-c2ccccc2)nc1OCc1ccccc1. The van der Waals surface area contributed by atoms with E-state index in [1.165, 1.54) is 0 Å². The van der Waals surface area contributed by atoms with Gasteiger partial charge in [0, 0.05) is 5.56 Å². The molecule has 1 heterocycles. The van der Waals surface area contributed by atoms with Crippen molar-refractivity contribution in [2.45, 2.75) is 13.5 Å². The molecular weight excluding hydrogens is 318 g/mol. The lowest BCUT2D eigenvalue weighted by Crippen LogP contribution is -2.13. The van der Waals surface area contributed by atoms with Gasteiger partial charge in [-0.2, -0.15) is 4.98 Å². The molecule has 25 heavy (non-hydrogen) atoms. The van der Waals surface area contributed by atoms with Crippen LogP contribution in [-0.4, -0.2) is 27.8 Å². The Kier molecular flexibility index (Phi) is 5.31. The summed E-state index contributed by atoms with van der Waals surface area (Å²) in [6.07, 6.45) is 0. The van der Waals surface area contributed by atoms with Gasteiger partial charge in [-0.1, -0.05) is 60.7 Å². The van der Waals surface area contributed by atoms with Gasteiger partial charge in [0.05, 0.1) is 6.61 Å². The van der Waals surface area contributed by atoms with Gasteiger partial charge in [-0.3, -0.25) is 0 Å². The van der Waals surface area contributed by atoms with E-state index in [9.17, 15) is 4.79 Å². The summed E-state index contributed by atoms with van der Waals surface area (Å²) in [6, 6.07) is 19.0. The first-order chi connectivity index (χ1) is 12.3. The van der Waals surface area contributed by atoms with Gasteiger partial charge in [0.15, 0.2) is 5.82 Å². The first kappa shape index (κ1) is 16.6. The van der Waals surface area contributed by atoms with Crippen LogP contribution in [0.15, 0.2) is 60.7 Å². The molecule has 2 aromatic carbocycles. The fourth-order valence-electron chi connectivity index (χ4n) is 2.18. The van der Waals surface area contributed by atoms with Crippen LogP contribution in [0.1, 0.15) is 23.0 Å². The van der Waals surface area contributed by atoms with Crippen molar-refractivity contribution in [1.29, 1.82) is 0 Å². The van der Waals surface area contributed by atoms with E-state index < -0.39 is 5.97 Å². The molecule has 3 rings (SSSR count). The Morgan fingerprint density at radius 1 is 0.960 bits per heavy atom. The summed E-state index contributed by atoms with van der Waals surface area (Å²) in [5.74, 6) is -0.113. The third kappa shape index (κ3) is 4.17. The highest BCUT2D eigenvalue weighted by Gasteiger charge is 2.20. The predicted octanol–water partition coefficient (Wildman–Crippen LogP) is 3.29. The number of hydrogen-bond acceptors (Lipinski definition) is 6. The van der Waals surface area contributed by atoms with Gasteiger partial charge < -0.3 is 9.47 Å². The zero-order valence-electron chi connectivity index (χ0n) is 13.8. The Balaban J connectivity index is 1.91. The monoisotopic (exact) mass is 335 g/mol. The highest BCUT2D eigenvalue weighted by Crippen LogP contribution is 2.20. The van der Waals surface area contributed by atoms with Crippen LogP contribution in [0.25, 0.3) is 11.4 Å². The van der Waals surface area contributed by atoms with Gasteiger partial charge >= 0.3 is 5.97 Å². The number of esters is 1. The topological polar surface area (TPSA) is 74.2 Å². The number of carbonyl (C=O) groups excluding carboxylic acids is 1. The van der Waals surface area contributed by atoms with Gasteiger partial charge in [0.1, 0.15) is 6.61 Å². The molecule has 0 aliphatic heterocycles. The van der Waals surface area contributed by atoms with Gasteiger partial charge in [-0.25, -0.2) is 4.79 Å². The largest absolute Gasteiger partial charge is 0.471 e. The van der Waals surface area contributed by atoms with E-state index in [1.807, 2.05) is 60.7 Å². The summed E-state index contributed by atoms with van der Waals surface area (Å²) in [5, 5.41) is 8.00. The summed E-state index contributed by atoms with van der Waals surface area (Å²) < 4.78 is 10.7. The third-order valence-electron chi connectivity index (χ3n) is 3.37. The molecule has 0 spiro atoms. The summed E-state index contributed by atoms with van der Waals surface area (Å²) in [7, 11) is 0. The van der Waals surface area contributed by atoms with Crippen LogP contribution < -0.4 is 4.74 Å². The highest BCUT2D eigenvalue weighted by molar-refractivity contribution is 5.89. The van der Waals surface area contributed by atoms with Crippen LogP contribution in [-0.2, 0) is 11.3 Å². The Hall–Kier alpha value is -3.28. The third-order valence-corrected chi connectivity index (χ3v) is 3.37. The average Bonchev–Trinajstić information content (AvgIpc) is 2.68. The molecule has 0 fully saturated rings. The lowest BCUT2D eigenvalue weighted by atomic mass is 10.2. The fourth-order valence-corrected chi connectivity index (χ4v) is 2.18. The smallest absolute Gasteiger partial charge is 0.364 e. The van der Waals surface area contributed by atoms with Crippen LogP contribution in [0.5, 0.6) is 5.88 Å². The summed E-state index contributed by atoms with van der Waals surface area (Å²) in [4.78, 5) is 16.4. The minimum absolute atomic E-state index is 0.0301. The molecule has 126 valence electrons. The van der Waals surface area contributed by atoms with E-state index >= 15 is 0 Å². The standard InChI is InChI=1S/C19H17N3O3/c1-2-24-19(23)16-18(25-13-14-9-5-3-6-10-14)20-17(22-21-16)15-11-7-4-8-12-15/h3-12H,2,13H2,1H3. The summed E-state index contributed by atoms with van der Waals surface area (Å²) in [6.45, 7) is 2.22. The molecule has 6 nitrogen and oxygen atoms in total. The first-order valence-electron chi connectivity index (χ1n) is 7.92. The Morgan fingerprint density at radius 3 is 2.32 bits per heavy atom. The van der Waals surface area contributed by atoms with Gasteiger partial charge in [-0.15, -0.1) is 10.2 Å². The number of nitrogens with zero attached hydrogens (tertiary/aromatic N) is 3. The van der Waals surface area contributed by atoms with Crippen molar-refractivity contribution in [1.82, 2.24) is 15.2 Å². The number of benzene rings is 2. The Labute approximate surface area is 145 Å². The Bertz CT molecular complexity index is 839. The van der Waals surface area contributed by atoms with E-state index in [2.05, 4.69) is 15.2 Å². The van der Waals surface area contributed by atoms with Crippen molar-refractivity contribution in [2.75, 3.05) is 6.61 Å². The van der Waals surface area contributed by atoms with Crippen molar-refractivity contribution in [3.63, 3.8) is 0 Å². The predicted molar refractivity (Wildman–Crippen MR) is 92.0 cm³/mol. The molecule has 6 heteroatoms. The maximum Gasteiger partial charge on any atom is 0.364 e. The lowest BCUT2D eigenvalue weighted by Gasteiger charge is -2.10. The minimum atomic E-state index is -0.606. The number of aromatic nitrogens is 3. The summed E-state index contributed by atoms with van der Waals surface area (Å²) in [5.41, 5.74) is 1.71. The number of carbonyl (C=O) groups is 1. The van der Waals surface area contributed by atoms with Crippen LogP contribution in [0, 0.1) is 0 Å². The number of hydrogen-bond donors (Lipinski definition) is 0. The lowest BCUT2D eigenvalue weighted by molar-refractivity contribution is 0.0511. The Morgan fingerprint density at radius 2 is 1.64 bits per heavy atom. The van der Waals surface area contributed by atoms with Crippen LogP contribution in [0.4, 0.5) is 0 Å². The molecular formula is C19H17N3O3. The molecule has 0 unspecified atom stereocenters. The van der Waals surface area contributed by atoms with E-state index in [0.717, 1.165) is 11.1 Å². The molecule has 0 aliphatic rings. The van der Waals surface area contributed by atoms with Crippen LogP contribution >= 0.6 is 0 Å². The fraction of sp³-hybridized carbons (Fsp3) is 0.158. The normalized spacial score (nSPS) is 10.3. The quantitative estimate of drug-likeness (QED) is 0.644. The molecule has 0 atom stereocenters. The van der Waals surface area contributed by atoms with Crippen molar-refractivity contribution in [3.05, 3.63) is 71.9 Å². The van der Waals surface area contributed by atoms with E-state index in [1.54, 1.807) is 6.92 Å². The molecule has 0 bridgehead atoms. The van der Waals surface area contributed by atoms with E-state index in [0.29, 0.717) is 5.82 Å². The highest BCUT2D eigenvalue weighted by atomic mass is 16.5. The molecule has 0 saturated carbocycles. The van der Waals surface area contributed by atoms with Crippen molar-refractivity contribution >= 4 is 5.97 Å². The second-order valence-electron chi connectivity index (χ2n) is 5.15. The summed E-state index contributed by atoms with van der Waals surface area (Å²) >= 11 is 0. The molecule has 0 aliphatic carbocycles. The van der Waals surface area contributed by atoms with Gasteiger partial charge in [0.2, 0.25) is 5.69 Å². The molecule has 0 radical (unpaired) electrons. The van der Waals surface area contributed by atoms with Crippen molar-refractivity contribution in [2.24, 2.45) is 0 Å². The van der Waals surface area contributed by atoms with E-state index in [4.69, 9.17) is 9.47 Å². The van der Waals surface area contributed by atoms with E-state index in [-0.39, 0.29) is 24.8 Å². The van der Waals surface area contributed by atoms with Crippen molar-refractivity contribution in [3.8, 4) is 17.3 Å². The first-order valence-corrected chi connectivity index (χ1v) is 7.92. The van der Waals surface area contributed by atoms with Gasteiger partial charge in [0.25, 0.3) is 5.88 Å². The molecule has 3 aromatic rings. The zero-order chi connectivity index (χ0) is 17.5. The molecule has 0 saturated heterocycles. The zero-order valence-corrected chi connectivity index (χ0v) is 13.8. The second-order valence-corrected chi connectivity index (χ2v) is 5.15.